The van der Waals surface area contributed by atoms with Crippen LogP contribution in [0.4, 0.5) is 10.1 Å². The summed E-state index contributed by atoms with van der Waals surface area (Å²) in [6, 6.07) is 12.4. The van der Waals surface area contributed by atoms with E-state index < -0.39 is 24.1 Å². The van der Waals surface area contributed by atoms with Gasteiger partial charge in [-0.15, -0.1) is 0 Å². The Hall–Kier alpha value is -3.48. The van der Waals surface area contributed by atoms with Gasteiger partial charge in [0.05, 0.1) is 6.21 Å². The Labute approximate surface area is 150 Å². The number of halogens is 1. The van der Waals surface area contributed by atoms with Crippen LogP contribution in [0.2, 0.25) is 0 Å². The molecule has 0 radical (unpaired) electrons. The van der Waals surface area contributed by atoms with Gasteiger partial charge >= 0.3 is 0 Å². The SMILES string of the molecule is C=CCOc1ccccc1C=NNC(=O)CC(=O)Nc1ccc(F)cc1. The first-order chi connectivity index (χ1) is 12.6. The number of carbonyl (C=O) groups excluding carboxylic acids is 2. The zero-order valence-electron chi connectivity index (χ0n) is 13.9. The highest BCUT2D eigenvalue weighted by molar-refractivity contribution is 6.03. The lowest BCUT2D eigenvalue weighted by Crippen LogP contribution is -2.24. The lowest BCUT2D eigenvalue weighted by molar-refractivity contribution is -0.126. The average Bonchev–Trinajstić information content (AvgIpc) is 2.62. The molecular weight excluding hydrogens is 337 g/mol. The molecular formula is C19H18FN3O3. The van der Waals surface area contributed by atoms with E-state index in [1.165, 1.54) is 30.5 Å². The number of carbonyl (C=O) groups is 2. The Bertz CT molecular complexity index is 804. The number of ether oxygens (including phenoxy) is 1. The minimum atomic E-state index is -0.578. The second kappa shape index (κ2) is 9.73. The van der Waals surface area contributed by atoms with Gasteiger partial charge in [-0.2, -0.15) is 5.10 Å². The van der Waals surface area contributed by atoms with Crippen LogP contribution in [0.3, 0.4) is 0 Å². The van der Waals surface area contributed by atoms with E-state index in [0.717, 1.165) is 0 Å². The predicted molar refractivity (Wildman–Crippen MR) is 97.5 cm³/mol. The van der Waals surface area contributed by atoms with E-state index in [9.17, 15) is 14.0 Å². The summed E-state index contributed by atoms with van der Waals surface area (Å²) in [5.41, 5.74) is 3.35. The van der Waals surface area contributed by atoms with Crippen LogP contribution in [0.25, 0.3) is 0 Å². The van der Waals surface area contributed by atoms with Crippen molar-refractivity contribution in [1.29, 1.82) is 0 Å². The number of amides is 2. The van der Waals surface area contributed by atoms with Gasteiger partial charge in [-0.25, -0.2) is 9.82 Å². The Morgan fingerprint density at radius 3 is 2.58 bits per heavy atom. The molecule has 0 spiro atoms. The second-order valence-electron chi connectivity index (χ2n) is 5.16. The molecule has 134 valence electrons. The number of nitrogens with zero attached hydrogens (tertiary/aromatic N) is 1. The van der Waals surface area contributed by atoms with Gasteiger partial charge in [0.15, 0.2) is 0 Å². The zero-order valence-corrected chi connectivity index (χ0v) is 13.9. The molecule has 6 nitrogen and oxygen atoms in total. The number of rotatable bonds is 8. The highest BCUT2D eigenvalue weighted by Crippen LogP contribution is 2.15. The molecule has 2 aromatic rings. The smallest absolute Gasteiger partial charge is 0.249 e. The van der Waals surface area contributed by atoms with Crippen molar-refractivity contribution in [3.05, 3.63) is 72.6 Å². The lowest BCUT2D eigenvalue weighted by Gasteiger charge is -2.06. The van der Waals surface area contributed by atoms with Gasteiger partial charge in [0, 0.05) is 11.3 Å². The van der Waals surface area contributed by atoms with Crippen LogP contribution in [0.5, 0.6) is 5.75 Å². The minimum absolute atomic E-state index is 0.348. The molecule has 0 atom stereocenters. The van der Waals surface area contributed by atoms with Crippen LogP contribution in [0, 0.1) is 5.82 Å². The third-order valence-electron chi connectivity index (χ3n) is 3.12. The molecule has 0 aliphatic carbocycles. The Balaban J connectivity index is 1.84. The largest absolute Gasteiger partial charge is 0.489 e. The van der Waals surface area contributed by atoms with Crippen LogP contribution in [-0.2, 0) is 9.59 Å². The molecule has 0 aliphatic heterocycles. The number of nitrogens with one attached hydrogen (secondary N) is 2. The monoisotopic (exact) mass is 355 g/mol. The van der Waals surface area contributed by atoms with E-state index >= 15 is 0 Å². The molecule has 7 heteroatoms. The minimum Gasteiger partial charge on any atom is -0.489 e. The molecule has 26 heavy (non-hydrogen) atoms. The van der Waals surface area contributed by atoms with Crippen molar-refractivity contribution in [3.8, 4) is 5.75 Å². The summed E-state index contributed by atoms with van der Waals surface area (Å²) in [5, 5.41) is 6.31. The molecule has 2 aromatic carbocycles. The number of hydrogen-bond donors (Lipinski definition) is 2. The summed E-state index contributed by atoms with van der Waals surface area (Å²) in [7, 11) is 0. The third kappa shape index (κ3) is 6.20. The van der Waals surface area contributed by atoms with Crippen molar-refractivity contribution in [2.45, 2.75) is 6.42 Å². The van der Waals surface area contributed by atoms with E-state index in [0.29, 0.717) is 23.6 Å². The fourth-order valence-electron chi connectivity index (χ4n) is 1.96. The van der Waals surface area contributed by atoms with Crippen molar-refractivity contribution < 1.29 is 18.7 Å². The van der Waals surface area contributed by atoms with E-state index in [-0.39, 0.29) is 0 Å². The Morgan fingerprint density at radius 2 is 1.85 bits per heavy atom. The standard InChI is InChI=1S/C19H18FN3O3/c1-2-11-26-17-6-4-3-5-14(17)13-21-23-19(25)12-18(24)22-16-9-7-15(20)8-10-16/h2-10,13H,1,11-12H2,(H,22,24)(H,23,25). The van der Waals surface area contributed by atoms with E-state index in [2.05, 4.69) is 22.4 Å². The number of para-hydroxylation sites is 1. The first kappa shape index (κ1) is 18.9. The fourth-order valence-corrected chi connectivity index (χ4v) is 1.96. The van der Waals surface area contributed by atoms with Crippen LogP contribution >= 0.6 is 0 Å². The van der Waals surface area contributed by atoms with Crippen molar-refractivity contribution in [2.75, 3.05) is 11.9 Å². The molecule has 0 bridgehead atoms. The fraction of sp³-hybridized carbons (Fsp3) is 0.105. The third-order valence-corrected chi connectivity index (χ3v) is 3.12. The van der Waals surface area contributed by atoms with Crippen LogP contribution < -0.4 is 15.5 Å². The van der Waals surface area contributed by atoms with Crippen LogP contribution in [-0.4, -0.2) is 24.6 Å². The van der Waals surface area contributed by atoms with Crippen LogP contribution in [0.15, 0.2) is 66.3 Å². The van der Waals surface area contributed by atoms with Gasteiger partial charge in [0.2, 0.25) is 11.8 Å². The topological polar surface area (TPSA) is 79.8 Å². The highest BCUT2D eigenvalue weighted by atomic mass is 19.1. The summed E-state index contributed by atoms with van der Waals surface area (Å²) in [5.74, 6) is -0.920. The van der Waals surface area contributed by atoms with Gasteiger partial charge in [0.1, 0.15) is 24.6 Å². The summed E-state index contributed by atoms with van der Waals surface area (Å²) in [6.45, 7) is 3.93. The summed E-state index contributed by atoms with van der Waals surface area (Å²) in [6.07, 6.45) is 2.63. The van der Waals surface area contributed by atoms with Crippen molar-refractivity contribution in [2.24, 2.45) is 5.10 Å². The summed E-state index contributed by atoms with van der Waals surface area (Å²) >= 11 is 0. The first-order valence-electron chi connectivity index (χ1n) is 7.78. The normalized spacial score (nSPS) is 10.3. The van der Waals surface area contributed by atoms with Crippen molar-refractivity contribution >= 4 is 23.7 Å². The summed E-state index contributed by atoms with van der Waals surface area (Å²) in [4.78, 5) is 23.5. The van der Waals surface area contributed by atoms with Crippen molar-refractivity contribution in [1.82, 2.24) is 5.43 Å². The number of hydrogen-bond acceptors (Lipinski definition) is 4. The molecule has 0 saturated heterocycles. The maximum atomic E-state index is 12.8. The average molecular weight is 355 g/mol. The number of hydrazone groups is 1. The van der Waals surface area contributed by atoms with Gasteiger partial charge < -0.3 is 10.1 Å². The number of anilines is 1. The first-order valence-corrected chi connectivity index (χ1v) is 7.78. The molecule has 2 amide bonds. The molecule has 0 unspecified atom stereocenters. The maximum absolute atomic E-state index is 12.8. The van der Waals surface area contributed by atoms with Crippen LogP contribution in [0.1, 0.15) is 12.0 Å². The van der Waals surface area contributed by atoms with Gasteiger partial charge in [0.25, 0.3) is 0 Å². The van der Waals surface area contributed by atoms with E-state index in [4.69, 9.17) is 4.74 Å². The zero-order chi connectivity index (χ0) is 18.8. The maximum Gasteiger partial charge on any atom is 0.249 e. The molecule has 2 N–H and O–H groups in total. The van der Waals surface area contributed by atoms with Gasteiger partial charge in [-0.3, -0.25) is 9.59 Å². The second-order valence-corrected chi connectivity index (χ2v) is 5.16. The molecule has 0 aromatic heterocycles. The Kier molecular flexibility index (Phi) is 7.05. The quantitative estimate of drug-likeness (QED) is 0.331. The summed E-state index contributed by atoms with van der Waals surface area (Å²) < 4.78 is 18.3. The molecule has 2 rings (SSSR count). The number of benzene rings is 2. The molecule has 0 fully saturated rings. The van der Waals surface area contributed by atoms with E-state index in [1.54, 1.807) is 24.3 Å². The lowest BCUT2D eigenvalue weighted by atomic mass is 10.2. The van der Waals surface area contributed by atoms with Gasteiger partial charge in [-0.1, -0.05) is 24.8 Å². The highest BCUT2D eigenvalue weighted by Gasteiger charge is 2.09. The molecule has 0 heterocycles. The molecule has 0 aliphatic rings. The van der Waals surface area contributed by atoms with E-state index in [1.807, 2.05) is 6.07 Å². The predicted octanol–water partition coefficient (Wildman–Crippen LogP) is 2.87. The Morgan fingerprint density at radius 1 is 1.12 bits per heavy atom. The van der Waals surface area contributed by atoms with Crippen molar-refractivity contribution in [3.63, 3.8) is 0 Å². The molecule has 0 saturated carbocycles. The van der Waals surface area contributed by atoms with Gasteiger partial charge in [-0.05, 0) is 36.4 Å².